The molecule has 0 bridgehead atoms. The Balaban J connectivity index is 1.80. The topological polar surface area (TPSA) is 49.3 Å². The van der Waals surface area contributed by atoms with Gasteiger partial charge in [-0.05, 0) is 37.9 Å². The summed E-state index contributed by atoms with van der Waals surface area (Å²) in [5, 5.41) is 3.31. The Morgan fingerprint density at radius 2 is 2.10 bits per heavy atom. The molecule has 2 rings (SSSR count). The SMILES string of the molecule is CCN(CC1CCN(C(=NC)NCC(C)Oc2cccc(OC)c2)C1)CC(F)(F)F. The van der Waals surface area contributed by atoms with Crippen molar-refractivity contribution in [3.63, 3.8) is 0 Å². The van der Waals surface area contributed by atoms with Crippen LogP contribution in [0.2, 0.25) is 0 Å². The Kier molecular flexibility index (Phi) is 9.08. The highest BCUT2D eigenvalue weighted by atomic mass is 19.4. The normalized spacial score (nSPS) is 18.6. The van der Waals surface area contributed by atoms with Crippen LogP contribution in [0.15, 0.2) is 29.3 Å². The molecule has 2 atom stereocenters. The number of guanidine groups is 1. The van der Waals surface area contributed by atoms with E-state index in [1.807, 2.05) is 31.2 Å². The summed E-state index contributed by atoms with van der Waals surface area (Å²) < 4.78 is 49.2. The summed E-state index contributed by atoms with van der Waals surface area (Å²) in [6, 6.07) is 7.43. The molecular weight excluding hydrogens is 397 g/mol. The highest BCUT2D eigenvalue weighted by Gasteiger charge is 2.33. The number of nitrogens with one attached hydrogen (secondary N) is 1. The summed E-state index contributed by atoms with van der Waals surface area (Å²) in [7, 11) is 3.32. The van der Waals surface area contributed by atoms with E-state index in [1.165, 1.54) is 4.90 Å². The molecule has 1 aromatic carbocycles. The van der Waals surface area contributed by atoms with E-state index in [2.05, 4.69) is 15.2 Å². The fourth-order valence-corrected chi connectivity index (χ4v) is 3.61. The van der Waals surface area contributed by atoms with E-state index in [1.54, 1.807) is 21.1 Å². The Hall–Kier alpha value is -2.16. The van der Waals surface area contributed by atoms with Gasteiger partial charge in [0.25, 0.3) is 0 Å². The van der Waals surface area contributed by atoms with Gasteiger partial charge in [0.05, 0.1) is 20.2 Å². The lowest BCUT2D eigenvalue weighted by Crippen LogP contribution is -2.44. The number of likely N-dealkylation sites (tertiary alicyclic amines) is 1. The molecule has 1 heterocycles. The van der Waals surface area contributed by atoms with Crippen molar-refractivity contribution in [1.29, 1.82) is 0 Å². The van der Waals surface area contributed by atoms with E-state index in [0.29, 0.717) is 26.2 Å². The van der Waals surface area contributed by atoms with Crippen molar-refractivity contribution < 1.29 is 22.6 Å². The van der Waals surface area contributed by atoms with Crippen molar-refractivity contribution >= 4 is 5.96 Å². The molecular formula is C21H33F3N4O2. The molecule has 170 valence electrons. The molecule has 1 saturated heterocycles. The first-order valence-electron chi connectivity index (χ1n) is 10.3. The standard InChI is InChI=1S/C21H33F3N4O2/c1-5-27(15-21(22,23)24)13-17-9-10-28(14-17)20(25-3)26-12-16(2)30-19-8-6-7-18(11-19)29-4/h6-8,11,16-17H,5,9-10,12-15H2,1-4H3,(H,25,26). The molecule has 0 aromatic heterocycles. The summed E-state index contributed by atoms with van der Waals surface area (Å²) in [5.41, 5.74) is 0. The van der Waals surface area contributed by atoms with E-state index in [0.717, 1.165) is 30.4 Å². The van der Waals surface area contributed by atoms with Crippen LogP contribution in [-0.2, 0) is 0 Å². The maximum atomic E-state index is 12.7. The lowest BCUT2D eigenvalue weighted by atomic mass is 10.1. The molecule has 1 aliphatic rings. The second-order valence-electron chi connectivity index (χ2n) is 7.58. The molecule has 0 saturated carbocycles. The third kappa shape index (κ3) is 7.93. The minimum Gasteiger partial charge on any atom is -0.497 e. The monoisotopic (exact) mass is 430 g/mol. The predicted molar refractivity (Wildman–Crippen MR) is 112 cm³/mol. The maximum Gasteiger partial charge on any atom is 0.401 e. The highest BCUT2D eigenvalue weighted by Crippen LogP contribution is 2.22. The molecule has 0 aliphatic carbocycles. The van der Waals surface area contributed by atoms with Crippen molar-refractivity contribution in [3.05, 3.63) is 24.3 Å². The molecule has 0 radical (unpaired) electrons. The number of hydrogen-bond donors (Lipinski definition) is 1. The lowest BCUT2D eigenvalue weighted by molar-refractivity contribution is -0.146. The van der Waals surface area contributed by atoms with Gasteiger partial charge in [0.1, 0.15) is 17.6 Å². The van der Waals surface area contributed by atoms with Gasteiger partial charge in [-0.25, -0.2) is 0 Å². The second kappa shape index (κ2) is 11.3. The molecule has 9 heteroatoms. The van der Waals surface area contributed by atoms with Gasteiger partial charge in [-0.2, -0.15) is 13.2 Å². The molecule has 2 unspecified atom stereocenters. The van der Waals surface area contributed by atoms with Crippen LogP contribution >= 0.6 is 0 Å². The molecule has 1 fully saturated rings. The van der Waals surface area contributed by atoms with Gasteiger partial charge in [-0.3, -0.25) is 9.89 Å². The zero-order chi connectivity index (χ0) is 22.1. The predicted octanol–water partition coefficient (Wildman–Crippen LogP) is 3.24. The van der Waals surface area contributed by atoms with Crippen molar-refractivity contribution in [1.82, 2.24) is 15.1 Å². The van der Waals surface area contributed by atoms with Crippen molar-refractivity contribution in [3.8, 4) is 11.5 Å². The van der Waals surface area contributed by atoms with Crippen LogP contribution in [0.4, 0.5) is 13.2 Å². The quantitative estimate of drug-likeness (QED) is 0.482. The minimum atomic E-state index is -4.16. The van der Waals surface area contributed by atoms with Crippen LogP contribution in [0.5, 0.6) is 11.5 Å². The Labute approximate surface area is 177 Å². The van der Waals surface area contributed by atoms with Gasteiger partial charge in [0.15, 0.2) is 5.96 Å². The van der Waals surface area contributed by atoms with E-state index in [-0.39, 0.29) is 12.0 Å². The lowest BCUT2D eigenvalue weighted by Gasteiger charge is -2.26. The minimum absolute atomic E-state index is 0.102. The van der Waals surface area contributed by atoms with Gasteiger partial charge in [0.2, 0.25) is 0 Å². The number of rotatable bonds is 9. The first-order chi connectivity index (χ1) is 14.2. The van der Waals surface area contributed by atoms with Crippen LogP contribution in [0.1, 0.15) is 20.3 Å². The van der Waals surface area contributed by atoms with Gasteiger partial charge >= 0.3 is 6.18 Å². The van der Waals surface area contributed by atoms with E-state index >= 15 is 0 Å². The van der Waals surface area contributed by atoms with Crippen LogP contribution < -0.4 is 14.8 Å². The number of benzene rings is 1. The smallest absolute Gasteiger partial charge is 0.401 e. The Morgan fingerprint density at radius 1 is 1.37 bits per heavy atom. The second-order valence-corrected chi connectivity index (χ2v) is 7.58. The summed E-state index contributed by atoms with van der Waals surface area (Å²) in [4.78, 5) is 7.90. The number of halogens is 3. The van der Waals surface area contributed by atoms with Crippen LogP contribution in [0.25, 0.3) is 0 Å². The third-order valence-corrected chi connectivity index (χ3v) is 5.09. The van der Waals surface area contributed by atoms with Gasteiger partial charge < -0.3 is 19.7 Å². The molecule has 6 nitrogen and oxygen atoms in total. The Bertz CT molecular complexity index is 684. The number of alkyl halides is 3. The summed E-state index contributed by atoms with van der Waals surface area (Å²) in [5.74, 6) is 2.40. The largest absolute Gasteiger partial charge is 0.497 e. The molecule has 1 aliphatic heterocycles. The van der Waals surface area contributed by atoms with E-state index < -0.39 is 12.7 Å². The molecule has 1 aromatic rings. The first-order valence-corrected chi connectivity index (χ1v) is 10.3. The average molecular weight is 431 g/mol. The maximum absolute atomic E-state index is 12.7. The van der Waals surface area contributed by atoms with Gasteiger partial charge in [-0.1, -0.05) is 13.0 Å². The van der Waals surface area contributed by atoms with Crippen molar-refractivity contribution in [2.24, 2.45) is 10.9 Å². The highest BCUT2D eigenvalue weighted by molar-refractivity contribution is 5.80. The summed E-state index contributed by atoms with van der Waals surface area (Å²) >= 11 is 0. The summed E-state index contributed by atoms with van der Waals surface area (Å²) in [6.45, 7) is 5.73. The fraction of sp³-hybridized carbons (Fsp3) is 0.667. The number of methoxy groups -OCH3 is 1. The number of ether oxygens (including phenoxy) is 2. The molecule has 30 heavy (non-hydrogen) atoms. The molecule has 0 spiro atoms. The molecule has 0 amide bonds. The third-order valence-electron chi connectivity index (χ3n) is 5.09. The fourth-order valence-electron chi connectivity index (χ4n) is 3.61. The van der Waals surface area contributed by atoms with Gasteiger partial charge in [0, 0.05) is 32.7 Å². The summed E-state index contributed by atoms with van der Waals surface area (Å²) in [6.07, 6.45) is -3.41. The number of hydrogen-bond acceptors (Lipinski definition) is 4. The molecule has 1 N–H and O–H groups in total. The van der Waals surface area contributed by atoms with Crippen LogP contribution in [-0.4, -0.2) is 81.5 Å². The van der Waals surface area contributed by atoms with E-state index in [4.69, 9.17) is 9.47 Å². The zero-order valence-corrected chi connectivity index (χ0v) is 18.2. The average Bonchev–Trinajstić information content (AvgIpc) is 3.15. The first kappa shape index (κ1) is 24.1. The van der Waals surface area contributed by atoms with Crippen molar-refractivity contribution in [2.45, 2.75) is 32.5 Å². The van der Waals surface area contributed by atoms with Crippen LogP contribution in [0, 0.1) is 5.92 Å². The zero-order valence-electron chi connectivity index (χ0n) is 18.2. The Morgan fingerprint density at radius 3 is 2.73 bits per heavy atom. The van der Waals surface area contributed by atoms with E-state index in [9.17, 15) is 13.2 Å². The van der Waals surface area contributed by atoms with Crippen LogP contribution in [0.3, 0.4) is 0 Å². The number of nitrogens with zero attached hydrogens (tertiary/aromatic N) is 3. The van der Waals surface area contributed by atoms with Gasteiger partial charge in [-0.15, -0.1) is 0 Å². The number of aliphatic imine (C=N–C) groups is 1. The van der Waals surface area contributed by atoms with Crippen molar-refractivity contribution in [2.75, 3.05) is 53.4 Å².